The second kappa shape index (κ2) is 17.3. The third-order valence-electron chi connectivity index (χ3n) is 12.8. The number of carbonyl (C=O) groups excluding carboxylic acids is 6. The van der Waals surface area contributed by atoms with Crippen molar-refractivity contribution in [2.24, 2.45) is 16.7 Å². The van der Waals surface area contributed by atoms with E-state index in [1.165, 1.54) is 72.3 Å². The fourth-order valence-electron chi connectivity index (χ4n) is 9.70. The molecule has 17 heteroatoms. The van der Waals surface area contributed by atoms with E-state index in [2.05, 4.69) is 5.32 Å². The van der Waals surface area contributed by atoms with Gasteiger partial charge in [-0.1, -0.05) is 31.6 Å². The number of Topliss-reactive ketones (excluding diaryl/α,β-unsaturated/α-hetero) is 1. The molecule has 334 valence electrons. The lowest BCUT2D eigenvalue weighted by atomic mass is 9.44. The van der Waals surface area contributed by atoms with Crippen LogP contribution in [-0.2, 0) is 47.7 Å². The molecule has 0 spiro atoms. The van der Waals surface area contributed by atoms with Crippen molar-refractivity contribution in [3.8, 4) is 11.5 Å². The first-order valence-electron chi connectivity index (χ1n) is 20.0. The van der Waals surface area contributed by atoms with Gasteiger partial charge < -0.3 is 53.8 Å². The summed E-state index contributed by atoms with van der Waals surface area (Å²) in [6, 6.07) is 3.07. The number of rotatable bonds is 12. The number of nitrogens with one attached hydrogen (secondary N) is 1. The zero-order chi connectivity index (χ0) is 45.6. The molecule has 1 heterocycles. The summed E-state index contributed by atoms with van der Waals surface area (Å²) in [5, 5.41) is 39.7. The lowest BCUT2D eigenvalue weighted by Crippen LogP contribution is -2.82. The van der Waals surface area contributed by atoms with E-state index < -0.39 is 113 Å². The van der Waals surface area contributed by atoms with Gasteiger partial charge in [0.25, 0.3) is 0 Å². The van der Waals surface area contributed by atoms with Crippen molar-refractivity contribution in [3.05, 3.63) is 58.7 Å². The number of esters is 4. The van der Waals surface area contributed by atoms with Crippen LogP contribution in [0.1, 0.15) is 85.5 Å². The number of ether oxygens (including phenoxy) is 7. The molecule has 1 aromatic carbocycles. The minimum absolute atomic E-state index is 0.0311. The van der Waals surface area contributed by atoms with Crippen LogP contribution in [0.2, 0.25) is 0 Å². The molecule has 1 amide bonds. The van der Waals surface area contributed by atoms with Gasteiger partial charge in [-0.2, -0.15) is 0 Å². The van der Waals surface area contributed by atoms with Crippen LogP contribution in [0.15, 0.2) is 53.1 Å². The summed E-state index contributed by atoms with van der Waals surface area (Å²) in [4.78, 5) is 82.7. The Kier molecular flexibility index (Phi) is 13.4. The number of hydrogen-bond acceptors (Lipinski definition) is 16. The predicted molar refractivity (Wildman–Crippen MR) is 214 cm³/mol. The van der Waals surface area contributed by atoms with Gasteiger partial charge in [-0.15, -0.1) is 0 Å². The lowest BCUT2D eigenvalue weighted by Gasteiger charge is -2.67. The second-order valence-corrected chi connectivity index (χ2v) is 17.1. The summed E-state index contributed by atoms with van der Waals surface area (Å²) in [7, 11) is 2.70. The Morgan fingerprint density at radius 3 is 2.20 bits per heavy atom. The van der Waals surface area contributed by atoms with E-state index in [1.54, 1.807) is 26.8 Å². The van der Waals surface area contributed by atoms with Crippen LogP contribution in [0, 0.1) is 16.7 Å². The highest BCUT2D eigenvalue weighted by Gasteiger charge is 2.78. The summed E-state index contributed by atoms with van der Waals surface area (Å²) < 4.78 is 41.1. The fraction of sp³-hybridized carbons (Fsp3) is 0.591. The van der Waals surface area contributed by atoms with Crippen molar-refractivity contribution in [2.45, 2.75) is 129 Å². The summed E-state index contributed by atoms with van der Waals surface area (Å²) >= 11 is 0. The van der Waals surface area contributed by atoms with Crippen LogP contribution in [0.5, 0.6) is 11.5 Å². The number of aliphatic hydroxyl groups is 3. The maximum atomic E-state index is 15.5. The van der Waals surface area contributed by atoms with Gasteiger partial charge in [0.15, 0.2) is 23.6 Å². The summed E-state index contributed by atoms with van der Waals surface area (Å²) in [6.45, 7) is 12.8. The number of ketones is 1. The predicted octanol–water partition coefficient (Wildman–Crippen LogP) is 2.61. The van der Waals surface area contributed by atoms with Crippen LogP contribution in [0.4, 0.5) is 0 Å². The number of allylic oxidation sites excluding steroid dienone is 2. The van der Waals surface area contributed by atoms with Gasteiger partial charge in [-0.25, -0.2) is 9.59 Å². The van der Waals surface area contributed by atoms with Crippen molar-refractivity contribution in [3.63, 3.8) is 0 Å². The molecule has 3 fully saturated rings. The monoisotopic (exact) mass is 855 g/mol. The van der Waals surface area contributed by atoms with Crippen LogP contribution < -0.4 is 14.8 Å². The molecule has 4 aliphatic rings. The Morgan fingerprint density at radius 2 is 1.66 bits per heavy atom. The number of methoxy groups -OCH3 is 2. The van der Waals surface area contributed by atoms with Crippen LogP contribution in [0.25, 0.3) is 0 Å². The van der Waals surface area contributed by atoms with E-state index >= 15 is 4.79 Å². The van der Waals surface area contributed by atoms with Gasteiger partial charge in [-0.3, -0.25) is 19.2 Å². The molecule has 11 atom stereocenters. The zero-order valence-electron chi connectivity index (χ0n) is 36.4. The molecule has 3 aliphatic carbocycles. The molecule has 1 aromatic rings. The fourth-order valence-corrected chi connectivity index (χ4v) is 9.70. The molecule has 4 N–H and O–H groups in total. The Labute approximate surface area is 354 Å². The average Bonchev–Trinajstić information content (AvgIpc) is 3.17. The number of aliphatic hydroxyl groups excluding tert-OH is 2. The van der Waals surface area contributed by atoms with E-state index in [4.69, 9.17) is 33.2 Å². The van der Waals surface area contributed by atoms with Gasteiger partial charge in [0.2, 0.25) is 5.91 Å². The first-order chi connectivity index (χ1) is 28.4. The maximum Gasteiger partial charge on any atom is 0.342 e. The van der Waals surface area contributed by atoms with Gasteiger partial charge in [-0.05, 0) is 70.0 Å². The minimum atomic E-state index is -2.45. The molecule has 2 bridgehead atoms. The number of carbonyl (C=O) groups is 6. The molecule has 1 aliphatic heterocycles. The molecule has 17 nitrogen and oxygen atoms in total. The van der Waals surface area contributed by atoms with Crippen molar-refractivity contribution in [1.29, 1.82) is 0 Å². The first kappa shape index (κ1) is 47.0. The van der Waals surface area contributed by atoms with Crippen molar-refractivity contribution < 1.29 is 77.2 Å². The smallest absolute Gasteiger partial charge is 0.342 e. The average molecular weight is 856 g/mol. The number of hydrogen-bond donors (Lipinski definition) is 4. The Balaban J connectivity index is 1.79. The van der Waals surface area contributed by atoms with Gasteiger partial charge in [0, 0.05) is 32.1 Å². The van der Waals surface area contributed by atoms with E-state index in [0.717, 1.165) is 13.8 Å². The first-order valence-corrected chi connectivity index (χ1v) is 20.0. The quantitative estimate of drug-likeness (QED) is 0.102. The summed E-state index contributed by atoms with van der Waals surface area (Å²) in [5.74, 6) is -6.86. The Morgan fingerprint density at radius 1 is 0.984 bits per heavy atom. The maximum absolute atomic E-state index is 15.5. The molecule has 2 saturated carbocycles. The van der Waals surface area contributed by atoms with Crippen LogP contribution in [0.3, 0.4) is 0 Å². The van der Waals surface area contributed by atoms with Crippen LogP contribution >= 0.6 is 0 Å². The number of amides is 1. The standard InChI is InChI=1S/C44H57NO16/c1-12-13-32(49)45-27(16-21(2)3)34(50)40(53)59-29-19-44(54)38(60-39(52)26-17-25(55-10)14-15-28(26)56-11)36-42(9,30(48)18-31-43(36,20-57-31)61-24(6)47)37(51)35(58-23(5)46)33(22(29)4)41(44,7)8/h12-17,27,29-31,34-36,38,48,50,54H,18-20H2,1-11H3,(H,45,49)/b13-12+/t27-,29-,30-,31+,34+,35+,36-,38-,42+,43-,44+/m0/s1. The van der Waals surface area contributed by atoms with Crippen LogP contribution in [-0.4, -0.2) is 126 Å². The summed E-state index contributed by atoms with van der Waals surface area (Å²) in [6.07, 6.45) is -6.60. The molecule has 0 radical (unpaired) electrons. The van der Waals surface area contributed by atoms with E-state index in [0.29, 0.717) is 5.57 Å². The molecule has 0 unspecified atom stereocenters. The topological polar surface area (TPSA) is 240 Å². The SMILES string of the molecule is C/C=C/C(=O)N[C@@H](C=C(C)C)[C@@H](O)C(=O)O[C@H]1C[C@@]2(O)[C@@H](OC(=O)c3cc(OC)ccc3OC)[C@@H]3[C@]4(OC(C)=O)CO[C@@H]4C[C@H](O)[C@@]3(C)C(=O)[C@H](OC(C)=O)C(=C1C)C2(C)C. The highest BCUT2D eigenvalue weighted by molar-refractivity contribution is 5.96. The molecular weight excluding hydrogens is 798 g/mol. The summed E-state index contributed by atoms with van der Waals surface area (Å²) in [5.41, 5.74) is -7.48. The zero-order valence-corrected chi connectivity index (χ0v) is 36.4. The van der Waals surface area contributed by atoms with Gasteiger partial charge in [0.05, 0.1) is 44.3 Å². The molecule has 61 heavy (non-hydrogen) atoms. The normalized spacial score (nSPS) is 32.3. The molecular formula is C44H57NO16. The largest absolute Gasteiger partial charge is 0.497 e. The Hall–Kier alpha value is -5.10. The van der Waals surface area contributed by atoms with Gasteiger partial charge >= 0.3 is 23.9 Å². The Bertz CT molecular complexity index is 2050. The van der Waals surface area contributed by atoms with E-state index in [-0.39, 0.29) is 41.2 Å². The number of benzene rings is 1. The third-order valence-corrected chi connectivity index (χ3v) is 12.8. The van der Waals surface area contributed by atoms with E-state index in [1.807, 2.05) is 0 Å². The molecule has 1 saturated heterocycles. The number of fused-ring (bicyclic) bond motifs is 5. The molecule has 0 aromatic heterocycles. The molecule has 5 rings (SSSR count). The minimum Gasteiger partial charge on any atom is -0.497 e. The highest BCUT2D eigenvalue weighted by Crippen LogP contribution is 2.64. The lowest BCUT2D eigenvalue weighted by molar-refractivity contribution is -0.346. The van der Waals surface area contributed by atoms with E-state index in [9.17, 15) is 39.3 Å². The van der Waals surface area contributed by atoms with Gasteiger partial charge in [0.1, 0.15) is 41.0 Å². The van der Waals surface area contributed by atoms with Crippen molar-refractivity contribution >= 4 is 35.6 Å². The third kappa shape index (κ3) is 8.08. The highest BCUT2D eigenvalue weighted by atomic mass is 16.6. The van der Waals surface area contributed by atoms with Crippen molar-refractivity contribution in [2.75, 3.05) is 20.8 Å². The second-order valence-electron chi connectivity index (χ2n) is 17.1. The van der Waals surface area contributed by atoms with Crippen molar-refractivity contribution in [1.82, 2.24) is 5.32 Å².